The van der Waals surface area contributed by atoms with E-state index < -0.39 is 0 Å². The van der Waals surface area contributed by atoms with Gasteiger partial charge in [-0.1, -0.05) is 57.3 Å². The van der Waals surface area contributed by atoms with E-state index in [1.54, 1.807) is 11.1 Å². The molecule has 18 heavy (non-hydrogen) atoms. The third kappa shape index (κ3) is 3.66. The maximum Gasteiger partial charge on any atom is 0 e. The quantitative estimate of drug-likeness (QED) is 0.416. The summed E-state index contributed by atoms with van der Waals surface area (Å²) in [7, 11) is 0. The second-order valence-corrected chi connectivity index (χ2v) is 4.94. The summed E-state index contributed by atoms with van der Waals surface area (Å²) in [6.45, 7) is 4.53. The van der Waals surface area contributed by atoms with Crippen LogP contribution in [0.1, 0.15) is 58.8 Å². The van der Waals surface area contributed by atoms with Crippen LogP contribution in [0.5, 0.6) is 0 Å². The number of hydrogen-bond donors (Lipinski definition) is 0. The fraction of sp³-hybridized carbons (Fsp3) is 0.529. The molecule has 0 amide bonds. The first-order valence-corrected chi connectivity index (χ1v) is 7.06. The topological polar surface area (TPSA) is 0 Å². The van der Waals surface area contributed by atoms with Gasteiger partial charge in [0.15, 0.2) is 0 Å². The molecule has 1 heteroatoms. The van der Waals surface area contributed by atoms with Crippen molar-refractivity contribution in [3.8, 4) is 0 Å². The molecule has 0 fully saturated rings. The molecule has 0 saturated carbocycles. The molecule has 0 bridgehead atoms. The minimum atomic E-state index is 0. The molecule has 0 N–H and O–H groups in total. The molecule has 0 atom stereocenters. The zero-order valence-corrected chi connectivity index (χ0v) is 15.3. The molecule has 0 aromatic rings. The van der Waals surface area contributed by atoms with Crippen LogP contribution in [0.25, 0.3) is 0 Å². The van der Waals surface area contributed by atoms with Crippen LogP contribution in [0, 0.1) is 6.08 Å². The first-order valence-electron chi connectivity index (χ1n) is 7.06. The van der Waals surface area contributed by atoms with Crippen molar-refractivity contribution < 1.29 is 25.8 Å². The molecule has 0 saturated heterocycles. The third-order valence-electron chi connectivity index (χ3n) is 3.60. The van der Waals surface area contributed by atoms with Gasteiger partial charge in [0.25, 0.3) is 0 Å². The van der Waals surface area contributed by atoms with E-state index in [2.05, 4.69) is 38.2 Å². The molecule has 0 unspecified atom stereocenters. The molecule has 2 rings (SSSR count). The molecule has 0 aromatic heterocycles. The van der Waals surface area contributed by atoms with Crippen LogP contribution in [0.3, 0.4) is 0 Å². The van der Waals surface area contributed by atoms with Crippen molar-refractivity contribution in [1.29, 1.82) is 0 Å². The molecule has 2 aliphatic carbocycles. The Bertz CT molecular complexity index is 394. The zero-order valence-electron chi connectivity index (χ0n) is 11.7. The molecule has 0 radical (unpaired) electrons. The van der Waals surface area contributed by atoms with Crippen LogP contribution in [0.4, 0.5) is 0 Å². The molecule has 0 nitrogen and oxygen atoms in total. The Kier molecular flexibility index (Phi) is 7.14. The van der Waals surface area contributed by atoms with Crippen LogP contribution in [-0.4, -0.2) is 0 Å². The van der Waals surface area contributed by atoms with Gasteiger partial charge in [-0.25, -0.2) is 5.57 Å². The first-order chi connectivity index (χ1) is 8.36. The predicted molar refractivity (Wildman–Crippen MR) is 74.7 cm³/mol. The van der Waals surface area contributed by atoms with Crippen LogP contribution >= 0.6 is 0 Å². The number of unbranched alkanes of at least 4 members (excludes halogenated alkanes) is 1. The van der Waals surface area contributed by atoms with Crippen molar-refractivity contribution in [3.05, 3.63) is 46.6 Å². The van der Waals surface area contributed by atoms with Gasteiger partial charge in [0, 0.05) is 25.8 Å². The van der Waals surface area contributed by atoms with Crippen LogP contribution in [-0.2, 0) is 25.8 Å². The van der Waals surface area contributed by atoms with Crippen molar-refractivity contribution >= 4 is 0 Å². The minimum Gasteiger partial charge on any atom is -0.269 e. The summed E-state index contributed by atoms with van der Waals surface area (Å²) in [6.07, 6.45) is 19.0. The summed E-state index contributed by atoms with van der Waals surface area (Å²) in [6, 6.07) is 0. The van der Waals surface area contributed by atoms with E-state index >= 15 is 0 Å². The van der Waals surface area contributed by atoms with Crippen molar-refractivity contribution in [1.82, 2.24) is 0 Å². The van der Waals surface area contributed by atoms with Crippen molar-refractivity contribution in [2.45, 2.75) is 58.8 Å². The van der Waals surface area contributed by atoms with Gasteiger partial charge in [0.1, 0.15) is 0 Å². The molecule has 2 aliphatic rings. The van der Waals surface area contributed by atoms with E-state index in [1.807, 2.05) is 0 Å². The van der Waals surface area contributed by atoms with E-state index in [-0.39, 0.29) is 25.8 Å². The molecular weight excluding hydrogens is 383 g/mol. The van der Waals surface area contributed by atoms with Gasteiger partial charge in [-0.2, -0.15) is 11.6 Å². The Morgan fingerprint density at radius 3 is 2.72 bits per heavy atom. The Labute approximate surface area is 131 Å². The van der Waals surface area contributed by atoms with Gasteiger partial charge in [-0.05, 0) is 12.8 Å². The largest absolute Gasteiger partial charge is 0.269 e. The Balaban J connectivity index is 0.00000162. The van der Waals surface area contributed by atoms with Crippen molar-refractivity contribution in [3.63, 3.8) is 0 Å². The van der Waals surface area contributed by atoms with Crippen LogP contribution < -0.4 is 0 Å². The van der Waals surface area contributed by atoms with Crippen LogP contribution in [0.2, 0.25) is 0 Å². The van der Waals surface area contributed by atoms with Crippen molar-refractivity contribution in [2.24, 2.45) is 0 Å². The summed E-state index contributed by atoms with van der Waals surface area (Å²) < 4.78 is 0. The summed E-state index contributed by atoms with van der Waals surface area (Å²) in [4.78, 5) is 0. The average Bonchev–Trinajstić information content (AvgIpc) is 2.94. The molecular formula is C17H23Hf-. The Morgan fingerprint density at radius 1 is 1.17 bits per heavy atom. The molecule has 0 spiro atoms. The predicted octanol–water partition coefficient (Wildman–Crippen LogP) is 5.29. The second kappa shape index (κ2) is 8.09. The molecule has 0 aromatic carbocycles. The SMILES string of the molecule is CCCCC1=[C-]CC=C1C1=C(CCC)C=CC1.[Hf]. The van der Waals surface area contributed by atoms with E-state index in [4.69, 9.17) is 0 Å². The third-order valence-corrected chi connectivity index (χ3v) is 3.60. The number of allylic oxidation sites excluding steroid dienone is 8. The minimum absolute atomic E-state index is 0. The molecule has 0 aliphatic heterocycles. The van der Waals surface area contributed by atoms with Gasteiger partial charge in [-0.3, -0.25) is 6.08 Å². The Hall–Kier alpha value is -0.170. The van der Waals surface area contributed by atoms with E-state index in [1.165, 1.54) is 43.3 Å². The number of rotatable bonds is 6. The smallest absolute Gasteiger partial charge is 0 e. The summed E-state index contributed by atoms with van der Waals surface area (Å²) >= 11 is 0. The normalized spacial score (nSPS) is 17.9. The fourth-order valence-electron chi connectivity index (χ4n) is 2.71. The van der Waals surface area contributed by atoms with E-state index in [9.17, 15) is 0 Å². The van der Waals surface area contributed by atoms with Gasteiger partial charge < -0.3 is 0 Å². The molecule has 0 heterocycles. The standard InChI is InChI=1S/C17H23.Hf/c1-3-5-9-15-11-7-13-17(15)16-12-6-10-14(16)8-4-2;/h6,10,13H,3-5,7-9,12H2,1-2H3;/q-1;. The fourth-order valence-corrected chi connectivity index (χ4v) is 2.71. The second-order valence-electron chi connectivity index (χ2n) is 4.94. The van der Waals surface area contributed by atoms with Gasteiger partial charge in [0.2, 0.25) is 0 Å². The van der Waals surface area contributed by atoms with Gasteiger partial charge in [-0.15, -0.1) is 12.0 Å². The van der Waals surface area contributed by atoms with E-state index in [0.29, 0.717) is 0 Å². The summed E-state index contributed by atoms with van der Waals surface area (Å²) in [5.41, 5.74) is 6.16. The van der Waals surface area contributed by atoms with Crippen molar-refractivity contribution in [2.75, 3.05) is 0 Å². The monoisotopic (exact) mass is 407 g/mol. The summed E-state index contributed by atoms with van der Waals surface area (Å²) in [5.74, 6) is 0. The zero-order chi connectivity index (χ0) is 12.1. The van der Waals surface area contributed by atoms with Gasteiger partial charge >= 0.3 is 0 Å². The van der Waals surface area contributed by atoms with E-state index in [0.717, 1.165) is 12.8 Å². The van der Waals surface area contributed by atoms with Crippen LogP contribution in [0.15, 0.2) is 40.5 Å². The number of hydrogen-bond acceptors (Lipinski definition) is 0. The van der Waals surface area contributed by atoms with Gasteiger partial charge in [0.05, 0.1) is 0 Å². The summed E-state index contributed by atoms with van der Waals surface area (Å²) in [5, 5.41) is 0. The maximum absolute atomic E-state index is 3.54. The average molecular weight is 406 g/mol. The Morgan fingerprint density at radius 2 is 2.00 bits per heavy atom. The molecule has 96 valence electrons. The maximum atomic E-state index is 3.54. The first kappa shape index (κ1) is 15.9.